The summed E-state index contributed by atoms with van der Waals surface area (Å²) in [4.78, 5) is 11.5. The first kappa shape index (κ1) is 12.8. The topological polar surface area (TPSA) is 55.6 Å². The van der Waals surface area contributed by atoms with E-state index >= 15 is 0 Å². The number of benzene rings is 1. The first-order valence-corrected chi connectivity index (χ1v) is 5.17. The highest BCUT2D eigenvalue weighted by Gasteiger charge is 2.13. The molecule has 4 nitrogen and oxygen atoms in total. The molecule has 0 aromatic heterocycles. The van der Waals surface area contributed by atoms with Gasteiger partial charge in [-0.25, -0.2) is 5.84 Å². The maximum absolute atomic E-state index is 11.5. The fourth-order valence-corrected chi connectivity index (χ4v) is 1.81. The van der Waals surface area contributed by atoms with E-state index < -0.39 is 0 Å². The summed E-state index contributed by atoms with van der Waals surface area (Å²) in [6.45, 7) is 1.88. The van der Waals surface area contributed by atoms with Crippen LogP contribution in [0.3, 0.4) is 0 Å². The number of hydrogen-bond acceptors (Lipinski definition) is 3. The molecule has 0 radical (unpaired) electrons. The van der Waals surface area contributed by atoms with E-state index in [0.717, 1.165) is 16.1 Å². The Morgan fingerprint density at radius 3 is 2.69 bits per heavy atom. The SMILES string of the molecule is COc1c(C)cc(Cl)cc1CC(=O)N(C)N. The number of nitrogens with zero attached hydrogens (tertiary/aromatic N) is 1. The van der Waals surface area contributed by atoms with Gasteiger partial charge in [-0.2, -0.15) is 0 Å². The molecule has 16 heavy (non-hydrogen) atoms. The molecule has 0 unspecified atom stereocenters. The summed E-state index contributed by atoms with van der Waals surface area (Å²) < 4.78 is 5.24. The zero-order valence-corrected chi connectivity index (χ0v) is 10.3. The van der Waals surface area contributed by atoms with E-state index in [1.165, 1.54) is 7.05 Å². The van der Waals surface area contributed by atoms with E-state index in [-0.39, 0.29) is 12.3 Å². The third-order valence-corrected chi connectivity index (χ3v) is 2.47. The quantitative estimate of drug-likeness (QED) is 0.497. The first-order valence-electron chi connectivity index (χ1n) is 4.80. The Bertz CT molecular complexity index is 405. The molecule has 5 heteroatoms. The number of likely N-dealkylation sites (N-methyl/N-ethyl adjacent to an activating group) is 1. The maximum atomic E-state index is 11.5. The lowest BCUT2D eigenvalue weighted by atomic mass is 10.1. The van der Waals surface area contributed by atoms with Crippen molar-refractivity contribution in [2.75, 3.05) is 14.2 Å². The molecular formula is C11H15ClN2O2. The maximum Gasteiger partial charge on any atom is 0.240 e. The van der Waals surface area contributed by atoms with E-state index in [2.05, 4.69) is 0 Å². The van der Waals surface area contributed by atoms with Crippen molar-refractivity contribution >= 4 is 17.5 Å². The van der Waals surface area contributed by atoms with Crippen LogP contribution in [0.4, 0.5) is 0 Å². The van der Waals surface area contributed by atoms with Crippen molar-refractivity contribution in [3.05, 3.63) is 28.3 Å². The average Bonchev–Trinajstić information content (AvgIpc) is 2.16. The van der Waals surface area contributed by atoms with E-state index in [4.69, 9.17) is 22.2 Å². The minimum atomic E-state index is -0.194. The third-order valence-electron chi connectivity index (χ3n) is 2.26. The second-order valence-corrected chi connectivity index (χ2v) is 4.03. The Hall–Kier alpha value is -1.26. The van der Waals surface area contributed by atoms with Crippen LogP contribution in [0.5, 0.6) is 5.75 Å². The number of ether oxygens (including phenoxy) is 1. The van der Waals surface area contributed by atoms with Crippen LogP contribution >= 0.6 is 11.6 Å². The molecule has 1 amide bonds. The second-order valence-electron chi connectivity index (χ2n) is 3.60. The molecule has 0 aliphatic heterocycles. The van der Waals surface area contributed by atoms with Crippen molar-refractivity contribution < 1.29 is 9.53 Å². The standard InChI is InChI=1S/C11H15ClN2O2/c1-7-4-9(12)5-8(11(7)16-3)6-10(15)14(2)13/h4-5H,6,13H2,1-3H3. The van der Waals surface area contributed by atoms with Gasteiger partial charge in [0.1, 0.15) is 5.75 Å². The minimum absolute atomic E-state index is 0.178. The molecule has 88 valence electrons. The summed E-state index contributed by atoms with van der Waals surface area (Å²) in [7, 11) is 3.07. The number of hydrazine groups is 1. The van der Waals surface area contributed by atoms with Gasteiger partial charge in [-0.1, -0.05) is 11.6 Å². The Balaban J connectivity index is 3.07. The van der Waals surface area contributed by atoms with E-state index in [1.807, 2.05) is 6.92 Å². The van der Waals surface area contributed by atoms with Crippen molar-refractivity contribution in [3.63, 3.8) is 0 Å². The number of halogens is 1. The van der Waals surface area contributed by atoms with Crippen LogP contribution < -0.4 is 10.6 Å². The van der Waals surface area contributed by atoms with E-state index in [0.29, 0.717) is 10.8 Å². The summed E-state index contributed by atoms with van der Waals surface area (Å²) in [5.41, 5.74) is 1.65. The lowest BCUT2D eigenvalue weighted by Gasteiger charge is -2.14. The molecule has 1 rings (SSSR count). The molecule has 0 atom stereocenters. The predicted octanol–water partition coefficient (Wildman–Crippen LogP) is 1.53. The van der Waals surface area contributed by atoms with Gasteiger partial charge < -0.3 is 4.74 Å². The number of amides is 1. The number of methoxy groups -OCH3 is 1. The highest BCUT2D eigenvalue weighted by molar-refractivity contribution is 6.30. The summed E-state index contributed by atoms with van der Waals surface area (Å²) >= 11 is 5.93. The summed E-state index contributed by atoms with van der Waals surface area (Å²) in [6.07, 6.45) is 0.178. The number of carbonyl (C=O) groups is 1. The van der Waals surface area contributed by atoms with Gasteiger partial charge in [-0.05, 0) is 24.6 Å². The molecule has 0 saturated carbocycles. The molecule has 1 aromatic carbocycles. The number of hydrogen-bond donors (Lipinski definition) is 1. The number of rotatable bonds is 3. The normalized spacial score (nSPS) is 10.1. The summed E-state index contributed by atoms with van der Waals surface area (Å²) in [5.74, 6) is 5.85. The fourth-order valence-electron chi connectivity index (χ4n) is 1.51. The monoisotopic (exact) mass is 242 g/mol. The Kier molecular flexibility index (Phi) is 4.15. The lowest BCUT2D eigenvalue weighted by molar-refractivity contribution is -0.129. The van der Waals surface area contributed by atoms with Crippen molar-refractivity contribution in [3.8, 4) is 5.75 Å². The fraction of sp³-hybridized carbons (Fsp3) is 0.364. The van der Waals surface area contributed by atoms with E-state index in [9.17, 15) is 4.79 Å². The van der Waals surface area contributed by atoms with Gasteiger partial charge in [0, 0.05) is 17.6 Å². The number of carbonyl (C=O) groups excluding carboxylic acids is 1. The predicted molar refractivity (Wildman–Crippen MR) is 63.4 cm³/mol. The van der Waals surface area contributed by atoms with Crippen LogP contribution in [0.15, 0.2) is 12.1 Å². The van der Waals surface area contributed by atoms with Crippen LogP contribution in [0.25, 0.3) is 0 Å². The van der Waals surface area contributed by atoms with Gasteiger partial charge in [-0.15, -0.1) is 0 Å². The van der Waals surface area contributed by atoms with Crippen molar-refractivity contribution in [2.24, 2.45) is 5.84 Å². The van der Waals surface area contributed by atoms with Gasteiger partial charge in [0.05, 0.1) is 13.5 Å². The zero-order valence-electron chi connectivity index (χ0n) is 9.58. The molecule has 0 saturated heterocycles. The smallest absolute Gasteiger partial charge is 0.240 e. The van der Waals surface area contributed by atoms with Crippen LogP contribution in [-0.2, 0) is 11.2 Å². The van der Waals surface area contributed by atoms with Gasteiger partial charge in [0.25, 0.3) is 0 Å². The van der Waals surface area contributed by atoms with Gasteiger partial charge >= 0.3 is 0 Å². The summed E-state index contributed by atoms with van der Waals surface area (Å²) in [6, 6.07) is 3.51. The van der Waals surface area contributed by atoms with Crippen LogP contribution in [0.2, 0.25) is 5.02 Å². The Labute approximate surface area is 99.9 Å². The largest absolute Gasteiger partial charge is 0.496 e. The second kappa shape index (κ2) is 5.18. The Morgan fingerprint density at radius 1 is 1.56 bits per heavy atom. The third kappa shape index (κ3) is 2.87. The van der Waals surface area contributed by atoms with Crippen molar-refractivity contribution in [1.82, 2.24) is 5.01 Å². The molecule has 0 fully saturated rings. The van der Waals surface area contributed by atoms with Crippen LogP contribution in [0.1, 0.15) is 11.1 Å². The molecule has 0 aliphatic rings. The summed E-state index contributed by atoms with van der Waals surface area (Å²) in [5, 5.41) is 1.64. The number of aryl methyl sites for hydroxylation is 1. The van der Waals surface area contributed by atoms with Crippen molar-refractivity contribution in [2.45, 2.75) is 13.3 Å². The van der Waals surface area contributed by atoms with Crippen LogP contribution in [0, 0.1) is 6.92 Å². The molecule has 1 aromatic rings. The lowest BCUT2D eigenvalue weighted by Crippen LogP contribution is -2.34. The van der Waals surface area contributed by atoms with Crippen LogP contribution in [-0.4, -0.2) is 25.1 Å². The molecule has 2 N–H and O–H groups in total. The van der Waals surface area contributed by atoms with Gasteiger partial charge in [-0.3, -0.25) is 9.80 Å². The average molecular weight is 243 g/mol. The molecule has 0 heterocycles. The minimum Gasteiger partial charge on any atom is -0.496 e. The van der Waals surface area contributed by atoms with Gasteiger partial charge in [0.2, 0.25) is 5.91 Å². The molecule has 0 bridgehead atoms. The first-order chi connectivity index (χ1) is 7.45. The Morgan fingerprint density at radius 2 is 2.19 bits per heavy atom. The highest BCUT2D eigenvalue weighted by atomic mass is 35.5. The molecular weight excluding hydrogens is 228 g/mol. The number of nitrogens with two attached hydrogens (primary N) is 1. The molecule has 0 spiro atoms. The highest BCUT2D eigenvalue weighted by Crippen LogP contribution is 2.28. The zero-order chi connectivity index (χ0) is 12.3. The van der Waals surface area contributed by atoms with Gasteiger partial charge in [0.15, 0.2) is 0 Å². The van der Waals surface area contributed by atoms with Crippen molar-refractivity contribution in [1.29, 1.82) is 0 Å². The van der Waals surface area contributed by atoms with E-state index in [1.54, 1.807) is 19.2 Å². The molecule has 0 aliphatic carbocycles.